The van der Waals surface area contributed by atoms with Crippen molar-refractivity contribution < 1.29 is 25.2 Å². The first-order valence-corrected chi connectivity index (χ1v) is 11.8. The highest BCUT2D eigenvalue weighted by atomic mass is 16.4. The zero-order valence-corrected chi connectivity index (χ0v) is 18.3. The standard InChI is InChI=1S/C24H40O5/c1-13(4-5-20(28)29)22-19(27)12-17-21-16(7-9-24(17,22)3)23(2)8-6-15(25)10-14(23)11-18(21)26/h13-19,21-22,25-27H,4-12H2,1-3H3,(H,28,29)/t13-,14+,15-,16+,17+,18-,19-,21-,22+,23?,24+/m1/s1. The van der Waals surface area contributed by atoms with E-state index >= 15 is 0 Å². The maximum Gasteiger partial charge on any atom is 0.303 e. The zero-order chi connectivity index (χ0) is 21.1. The molecule has 4 aliphatic rings. The van der Waals surface area contributed by atoms with Crippen LogP contribution in [0, 0.1) is 46.3 Å². The Balaban J connectivity index is 1.59. The van der Waals surface area contributed by atoms with Crippen molar-refractivity contribution in [1.82, 2.24) is 0 Å². The van der Waals surface area contributed by atoms with Gasteiger partial charge in [-0.05, 0) is 97.7 Å². The molecule has 29 heavy (non-hydrogen) atoms. The van der Waals surface area contributed by atoms with Gasteiger partial charge in [-0.3, -0.25) is 4.79 Å². The largest absolute Gasteiger partial charge is 0.481 e. The topological polar surface area (TPSA) is 98.0 Å². The van der Waals surface area contributed by atoms with Gasteiger partial charge in [-0.15, -0.1) is 0 Å². The van der Waals surface area contributed by atoms with Crippen molar-refractivity contribution in [1.29, 1.82) is 0 Å². The van der Waals surface area contributed by atoms with Crippen LogP contribution in [0.2, 0.25) is 0 Å². The zero-order valence-electron chi connectivity index (χ0n) is 18.3. The van der Waals surface area contributed by atoms with E-state index in [1.165, 1.54) is 0 Å². The Morgan fingerprint density at radius 2 is 1.66 bits per heavy atom. The van der Waals surface area contributed by atoms with Crippen molar-refractivity contribution in [3.8, 4) is 0 Å². The second-order valence-electron chi connectivity index (χ2n) is 11.5. The fraction of sp³-hybridized carbons (Fsp3) is 0.958. The molecule has 0 radical (unpaired) electrons. The highest BCUT2D eigenvalue weighted by Crippen LogP contribution is 2.68. The minimum Gasteiger partial charge on any atom is -0.481 e. The van der Waals surface area contributed by atoms with Crippen LogP contribution in [0.15, 0.2) is 0 Å². The summed E-state index contributed by atoms with van der Waals surface area (Å²) < 4.78 is 0. The van der Waals surface area contributed by atoms with E-state index in [9.17, 15) is 20.1 Å². The molecule has 0 spiro atoms. The van der Waals surface area contributed by atoms with Crippen molar-refractivity contribution in [2.45, 2.75) is 96.9 Å². The fourth-order valence-electron chi connectivity index (χ4n) is 8.82. The highest BCUT2D eigenvalue weighted by Gasteiger charge is 2.64. The minimum absolute atomic E-state index is 0.0309. The molecule has 4 saturated carbocycles. The third kappa shape index (κ3) is 3.36. The van der Waals surface area contributed by atoms with Gasteiger partial charge in [0.05, 0.1) is 18.3 Å². The Kier molecular flexibility index (Phi) is 5.57. The van der Waals surface area contributed by atoms with E-state index in [1.807, 2.05) is 0 Å². The quantitative estimate of drug-likeness (QED) is 0.571. The lowest BCUT2D eigenvalue weighted by Crippen LogP contribution is -2.58. The monoisotopic (exact) mass is 408 g/mol. The number of aliphatic carboxylic acids is 1. The van der Waals surface area contributed by atoms with Crippen LogP contribution in [0.3, 0.4) is 0 Å². The van der Waals surface area contributed by atoms with E-state index < -0.39 is 12.1 Å². The second-order valence-corrected chi connectivity index (χ2v) is 11.5. The molecule has 0 aromatic rings. The Morgan fingerprint density at radius 3 is 2.34 bits per heavy atom. The first-order chi connectivity index (χ1) is 13.6. The number of rotatable bonds is 4. The lowest BCUT2D eigenvalue weighted by Gasteiger charge is -2.62. The average Bonchev–Trinajstić information content (AvgIpc) is 2.91. The van der Waals surface area contributed by atoms with Gasteiger partial charge in [0, 0.05) is 6.42 Å². The molecular weight excluding hydrogens is 368 g/mol. The summed E-state index contributed by atoms with van der Waals surface area (Å²) in [5, 5.41) is 41.6. The number of fused-ring (bicyclic) bond motifs is 5. The van der Waals surface area contributed by atoms with E-state index in [2.05, 4.69) is 20.8 Å². The van der Waals surface area contributed by atoms with Gasteiger partial charge in [0.25, 0.3) is 0 Å². The van der Waals surface area contributed by atoms with Crippen LogP contribution in [0.25, 0.3) is 0 Å². The van der Waals surface area contributed by atoms with Crippen LogP contribution in [0.5, 0.6) is 0 Å². The molecule has 4 N–H and O–H groups in total. The molecule has 0 bridgehead atoms. The van der Waals surface area contributed by atoms with Gasteiger partial charge in [-0.1, -0.05) is 20.8 Å². The molecule has 0 aromatic carbocycles. The molecule has 0 amide bonds. The SMILES string of the molecule is C[C@H](CCC(=O)O)[C@H]1[C@H](O)C[C@H]2[C@@H]3[C@H](O)C[C@@H]4C[C@H](O)CCC4(C)[C@H]3CC[C@]12C. The second kappa shape index (κ2) is 7.49. The lowest BCUT2D eigenvalue weighted by molar-refractivity contribution is -0.174. The predicted octanol–water partition coefficient (Wildman–Crippen LogP) is 3.45. The molecule has 4 fully saturated rings. The third-order valence-corrected chi connectivity index (χ3v) is 10.2. The smallest absolute Gasteiger partial charge is 0.303 e. The summed E-state index contributed by atoms with van der Waals surface area (Å²) in [6.45, 7) is 6.81. The van der Waals surface area contributed by atoms with Gasteiger partial charge in [0.2, 0.25) is 0 Å². The predicted molar refractivity (Wildman–Crippen MR) is 110 cm³/mol. The maximum absolute atomic E-state index is 11.3. The molecule has 0 aliphatic heterocycles. The van der Waals surface area contributed by atoms with Crippen molar-refractivity contribution in [2.75, 3.05) is 0 Å². The first kappa shape index (κ1) is 21.6. The number of hydrogen-bond acceptors (Lipinski definition) is 4. The number of hydrogen-bond donors (Lipinski definition) is 4. The van der Waals surface area contributed by atoms with E-state index in [0.717, 1.165) is 44.9 Å². The van der Waals surface area contributed by atoms with E-state index in [-0.39, 0.29) is 47.2 Å². The fourth-order valence-corrected chi connectivity index (χ4v) is 8.82. The molecule has 4 aliphatic carbocycles. The van der Waals surface area contributed by atoms with Crippen LogP contribution in [-0.2, 0) is 4.79 Å². The molecule has 1 unspecified atom stereocenters. The van der Waals surface area contributed by atoms with Gasteiger partial charge >= 0.3 is 5.97 Å². The van der Waals surface area contributed by atoms with Crippen molar-refractivity contribution in [3.05, 3.63) is 0 Å². The molecule has 5 nitrogen and oxygen atoms in total. The van der Waals surface area contributed by atoms with Crippen LogP contribution in [0.1, 0.15) is 78.6 Å². The summed E-state index contributed by atoms with van der Waals surface area (Å²) in [6.07, 6.45) is 6.14. The summed E-state index contributed by atoms with van der Waals surface area (Å²) in [7, 11) is 0. The van der Waals surface area contributed by atoms with Gasteiger partial charge in [0.1, 0.15) is 0 Å². The molecule has 5 heteroatoms. The summed E-state index contributed by atoms with van der Waals surface area (Å²) in [5.74, 6) is 0.881. The van der Waals surface area contributed by atoms with Crippen LogP contribution in [-0.4, -0.2) is 44.7 Å². The van der Waals surface area contributed by atoms with E-state index in [4.69, 9.17) is 5.11 Å². The number of carbonyl (C=O) groups is 1. The van der Waals surface area contributed by atoms with Gasteiger partial charge in [-0.25, -0.2) is 0 Å². The summed E-state index contributed by atoms with van der Waals surface area (Å²) in [4.78, 5) is 11.1. The Morgan fingerprint density at radius 1 is 0.966 bits per heavy atom. The summed E-state index contributed by atoms with van der Waals surface area (Å²) in [5.41, 5.74) is 0.152. The molecule has 11 atom stereocenters. The van der Waals surface area contributed by atoms with E-state index in [0.29, 0.717) is 24.2 Å². The van der Waals surface area contributed by atoms with Crippen molar-refractivity contribution >= 4 is 5.97 Å². The number of carboxylic acid groups (broad SMARTS) is 1. The first-order valence-electron chi connectivity index (χ1n) is 11.8. The van der Waals surface area contributed by atoms with Gasteiger partial charge in [0.15, 0.2) is 0 Å². The van der Waals surface area contributed by atoms with Gasteiger partial charge < -0.3 is 20.4 Å². The maximum atomic E-state index is 11.3. The van der Waals surface area contributed by atoms with Crippen LogP contribution in [0.4, 0.5) is 0 Å². The van der Waals surface area contributed by atoms with Crippen LogP contribution < -0.4 is 0 Å². The molecule has 166 valence electrons. The van der Waals surface area contributed by atoms with Crippen molar-refractivity contribution in [3.63, 3.8) is 0 Å². The van der Waals surface area contributed by atoms with E-state index in [1.54, 1.807) is 0 Å². The lowest BCUT2D eigenvalue weighted by atomic mass is 9.43. The average molecular weight is 409 g/mol. The van der Waals surface area contributed by atoms with Crippen LogP contribution >= 0.6 is 0 Å². The van der Waals surface area contributed by atoms with Gasteiger partial charge in [-0.2, -0.15) is 0 Å². The highest BCUT2D eigenvalue weighted by molar-refractivity contribution is 5.66. The van der Waals surface area contributed by atoms with Crippen molar-refractivity contribution in [2.24, 2.45) is 46.3 Å². The number of carboxylic acids is 1. The Labute approximate surface area is 174 Å². The summed E-state index contributed by atoms with van der Waals surface area (Å²) >= 11 is 0. The number of aliphatic hydroxyl groups excluding tert-OH is 3. The summed E-state index contributed by atoms with van der Waals surface area (Å²) in [6, 6.07) is 0. The molecule has 0 heterocycles. The third-order valence-electron chi connectivity index (χ3n) is 10.2. The molecular formula is C24H40O5. The Bertz CT molecular complexity index is 637. The normalized spacial score (nSPS) is 52.9. The minimum atomic E-state index is -0.768. The molecule has 4 rings (SSSR count). The molecule has 0 saturated heterocycles. The number of aliphatic hydroxyl groups is 3. The molecule has 0 aromatic heterocycles. The Hall–Kier alpha value is -0.650.